The van der Waals surface area contributed by atoms with Crippen molar-refractivity contribution in [2.24, 2.45) is 0 Å². The number of benzene rings is 2. The highest BCUT2D eigenvalue weighted by Crippen LogP contribution is 2.35. The lowest BCUT2D eigenvalue weighted by Crippen LogP contribution is -2.09. The van der Waals surface area contributed by atoms with Gasteiger partial charge in [-0.05, 0) is 43.7 Å². The summed E-state index contributed by atoms with van der Waals surface area (Å²) in [7, 11) is 0. The van der Waals surface area contributed by atoms with Crippen molar-refractivity contribution in [3.05, 3.63) is 66.0 Å². The van der Waals surface area contributed by atoms with Crippen LogP contribution in [0.3, 0.4) is 0 Å². The fraction of sp³-hybridized carbons (Fsp3) is 0.200. The number of rotatable bonds is 6. The molecule has 0 saturated carbocycles. The molecule has 8 heteroatoms. The Balaban J connectivity index is 1.89. The zero-order valence-electron chi connectivity index (χ0n) is 15.2. The van der Waals surface area contributed by atoms with Gasteiger partial charge in [-0.25, -0.2) is 9.67 Å². The molecule has 0 aliphatic carbocycles. The Morgan fingerprint density at radius 3 is 2.50 bits per heavy atom. The van der Waals surface area contributed by atoms with Crippen molar-refractivity contribution in [1.29, 1.82) is 0 Å². The summed E-state index contributed by atoms with van der Waals surface area (Å²) in [6, 6.07) is 12.8. The van der Waals surface area contributed by atoms with Crippen LogP contribution in [0, 0.1) is 0 Å². The number of halogens is 3. The van der Waals surface area contributed by atoms with Crippen LogP contribution in [0.1, 0.15) is 25.0 Å². The molecule has 5 nitrogen and oxygen atoms in total. The van der Waals surface area contributed by atoms with Gasteiger partial charge in [0.05, 0.1) is 11.7 Å². The molecule has 3 aromatic rings. The van der Waals surface area contributed by atoms with Crippen LogP contribution in [0.4, 0.5) is 13.2 Å². The van der Waals surface area contributed by atoms with Crippen molar-refractivity contribution >= 4 is 12.3 Å². The summed E-state index contributed by atoms with van der Waals surface area (Å²) in [4.78, 5) is 14.1. The van der Waals surface area contributed by atoms with Gasteiger partial charge in [0.15, 0.2) is 11.6 Å². The molecule has 0 amide bonds. The summed E-state index contributed by atoms with van der Waals surface area (Å²) in [5.41, 5.74) is 0.257. The third-order valence-corrected chi connectivity index (χ3v) is 3.56. The van der Waals surface area contributed by atoms with Crippen molar-refractivity contribution in [1.82, 2.24) is 14.8 Å². The molecule has 0 aliphatic rings. The molecule has 1 aromatic heterocycles. The van der Waals surface area contributed by atoms with Crippen LogP contribution in [0.15, 0.2) is 54.9 Å². The largest absolute Gasteiger partial charge is 0.416 e. The van der Waals surface area contributed by atoms with Crippen molar-refractivity contribution in [3.8, 4) is 17.1 Å². The zero-order chi connectivity index (χ0) is 20.1. The van der Waals surface area contributed by atoms with Crippen LogP contribution < -0.4 is 4.89 Å². The summed E-state index contributed by atoms with van der Waals surface area (Å²) in [6.45, 7) is 3.41. The first-order valence-electron chi connectivity index (χ1n) is 8.51. The van der Waals surface area contributed by atoms with E-state index in [1.807, 2.05) is 36.4 Å². The molecule has 1 heterocycles. The van der Waals surface area contributed by atoms with Gasteiger partial charge in [-0.2, -0.15) is 18.1 Å². The van der Waals surface area contributed by atoms with Crippen LogP contribution in [-0.2, 0) is 11.1 Å². The molecular weight excluding hydrogens is 371 g/mol. The standard InChI is InChI=1S/C20H18F3N3O2/c1-14(2)27-28-18-11-16(10-17(12-18)20(21,22)23)19-24-13-26(25-19)9-8-15-6-4-3-5-7-15/h3-14H,1-2H3/b9-8+. The first kappa shape index (κ1) is 19.6. The summed E-state index contributed by atoms with van der Waals surface area (Å²) in [6.07, 6.45) is 0.0504. The van der Waals surface area contributed by atoms with Gasteiger partial charge in [-0.3, -0.25) is 0 Å². The second-order valence-electron chi connectivity index (χ2n) is 6.25. The Kier molecular flexibility index (Phi) is 5.79. The van der Waals surface area contributed by atoms with E-state index in [1.165, 1.54) is 17.1 Å². The van der Waals surface area contributed by atoms with E-state index in [-0.39, 0.29) is 23.2 Å². The van der Waals surface area contributed by atoms with Crippen LogP contribution in [0.5, 0.6) is 5.75 Å². The van der Waals surface area contributed by atoms with Gasteiger partial charge >= 0.3 is 6.18 Å². The highest BCUT2D eigenvalue weighted by Gasteiger charge is 2.32. The topological polar surface area (TPSA) is 49.2 Å². The molecule has 0 radical (unpaired) electrons. The number of hydrogen-bond donors (Lipinski definition) is 0. The molecule has 0 atom stereocenters. The number of alkyl halides is 3. The summed E-state index contributed by atoms with van der Waals surface area (Å²) >= 11 is 0. The molecule has 146 valence electrons. The Hall–Kier alpha value is -3.13. The highest BCUT2D eigenvalue weighted by molar-refractivity contribution is 5.62. The van der Waals surface area contributed by atoms with E-state index in [0.29, 0.717) is 0 Å². The van der Waals surface area contributed by atoms with Crippen molar-refractivity contribution in [3.63, 3.8) is 0 Å². The first-order valence-corrected chi connectivity index (χ1v) is 8.51. The zero-order valence-corrected chi connectivity index (χ0v) is 15.2. The maximum absolute atomic E-state index is 13.2. The van der Waals surface area contributed by atoms with Gasteiger partial charge in [-0.1, -0.05) is 30.3 Å². The summed E-state index contributed by atoms with van der Waals surface area (Å²) in [5, 5.41) is 4.21. The van der Waals surface area contributed by atoms with Gasteiger partial charge in [-0.15, -0.1) is 5.10 Å². The Morgan fingerprint density at radius 2 is 1.82 bits per heavy atom. The van der Waals surface area contributed by atoms with E-state index in [1.54, 1.807) is 20.0 Å². The average molecular weight is 389 g/mol. The number of nitrogens with zero attached hydrogens (tertiary/aromatic N) is 3. The SMILES string of the molecule is CC(C)OOc1cc(-c2ncn(/C=C/c3ccccc3)n2)cc(C(F)(F)F)c1. The quantitative estimate of drug-likeness (QED) is 0.423. The van der Waals surface area contributed by atoms with Crippen molar-refractivity contribution in [2.45, 2.75) is 26.1 Å². The molecule has 0 saturated heterocycles. The van der Waals surface area contributed by atoms with Crippen LogP contribution in [-0.4, -0.2) is 20.9 Å². The molecule has 0 bridgehead atoms. The van der Waals surface area contributed by atoms with Gasteiger partial charge < -0.3 is 4.89 Å². The number of hydrogen-bond acceptors (Lipinski definition) is 4. The molecule has 0 spiro atoms. The molecule has 28 heavy (non-hydrogen) atoms. The molecule has 0 unspecified atom stereocenters. The molecular formula is C20H18F3N3O2. The van der Waals surface area contributed by atoms with E-state index in [4.69, 9.17) is 9.78 Å². The van der Waals surface area contributed by atoms with Crippen LogP contribution >= 0.6 is 0 Å². The molecule has 0 fully saturated rings. The fourth-order valence-electron chi connectivity index (χ4n) is 2.30. The lowest BCUT2D eigenvalue weighted by molar-refractivity contribution is -0.234. The smallest absolute Gasteiger partial charge is 0.337 e. The summed E-state index contributed by atoms with van der Waals surface area (Å²) < 4.78 is 41.1. The third kappa shape index (κ3) is 5.20. The van der Waals surface area contributed by atoms with Crippen molar-refractivity contribution < 1.29 is 22.9 Å². The first-order chi connectivity index (χ1) is 13.3. The fourth-order valence-corrected chi connectivity index (χ4v) is 2.30. The van der Waals surface area contributed by atoms with Crippen molar-refractivity contribution in [2.75, 3.05) is 0 Å². The highest BCUT2D eigenvalue weighted by atomic mass is 19.4. The van der Waals surface area contributed by atoms with E-state index in [9.17, 15) is 13.2 Å². The van der Waals surface area contributed by atoms with Gasteiger partial charge in [0, 0.05) is 11.8 Å². The van der Waals surface area contributed by atoms with Gasteiger partial charge in [0.2, 0.25) is 0 Å². The normalized spacial score (nSPS) is 12.1. The second kappa shape index (κ2) is 8.26. The third-order valence-electron chi connectivity index (χ3n) is 3.56. The Bertz CT molecular complexity index is 951. The summed E-state index contributed by atoms with van der Waals surface area (Å²) in [5.74, 6) is 0.0629. The van der Waals surface area contributed by atoms with Gasteiger partial charge in [0.25, 0.3) is 0 Å². The van der Waals surface area contributed by atoms with Gasteiger partial charge in [0.1, 0.15) is 6.33 Å². The predicted octanol–water partition coefficient (Wildman–Crippen LogP) is 5.31. The lowest BCUT2D eigenvalue weighted by atomic mass is 10.1. The maximum atomic E-state index is 13.2. The monoisotopic (exact) mass is 389 g/mol. The van der Waals surface area contributed by atoms with Crippen LogP contribution in [0.2, 0.25) is 0 Å². The average Bonchev–Trinajstić information content (AvgIpc) is 3.14. The van der Waals surface area contributed by atoms with Crippen LogP contribution in [0.25, 0.3) is 23.7 Å². The Morgan fingerprint density at radius 1 is 1.07 bits per heavy atom. The van der Waals surface area contributed by atoms with E-state index in [0.717, 1.165) is 17.7 Å². The maximum Gasteiger partial charge on any atom is 0.416 e. The minimum absolute atomic E-state index is 0.0743. The molecule has 0 aliphatic heterocycles. The van der Waals surface area contributed by atoms with E-state index in [2.05, 4.69) is 10.1 Å². The minimum atomic E-state index is -4.54. The van der Waals surface area contributed by atoms with E-state index < -0.39 is 11.7 Å². The number of aromatic nitrogens is 3. The molecule has 0 N–H and O–H groups in total. The molecule has 3 rings (SSSR count). The van der Waals surface area contributed by atoms with E-state index >= 15 is 0 Å². The Labute approximate surface area is 160 Å². The molecule has 2 aromatic carbocycles. The second-order valence-corrected chi connectivity index (χ2v) is 6.25. The lowest BCUT2D eigenvalue weighted by Gasteiger charge is -2.12. The minimum Gasteiger partial charge on any atom is -0.337 e. The predicted molar refractivity (Wildman–Crippen MR) is 99.0 cm³/mol.